The Morgan fingerprint density at radius 3 is 2.42 bits per heavy atom. The zero-order valence-corrected chi connectivity index (χ0v) is 19.2. The van der Waals surface area contributed by atoms with E-state index < -0.39 is 10.0 Å². The van der Waals surface area contributed by atoms with E-state index in [0.29, 0.717) is 23.8 Å². The minimum atomic E-state index is -4.02. The van der Waals surface area contributed by atoms with Crippen LogP contribution in [0.2, 0.25) is 5.02 Å². The van der Waals surface area contributed by atoms with Gasteiger partial charge in [-0.25, -0.2) is 8.42 Å². The first-order valence-corrected chi connectivity index (χ1v) is 12.1. The van der Waals surface area contributed by atoms with Crippen molar-refractivity contribution in [3.05, 3.63) is 95.0 Å². The van der Waals surface area contributed by atoms with Gasteiger partial charge in [0.2, 0.25) is 5.91 Å². The number of sulfonamides is 1. The highest BCUT2D eigenvalue weighted by atomic mass is 35.5. The summed E-state index contributed by atoms with van der Waals surface area (Å²) in [6, 6.07) is 21.7. The van der Waals surface area contributed by atoms with E-state index in [2.05, 4.69) is 5.32 Å². The van der Waals surface area contributed by atoms with Gasteiger partial charge in [0, 0.05) is 23.7 Å². The number of halogens is 1. The number of hydrogen-bond donors (Lipinski definition) is 1. The lowest BCUT2D eigenvalue weighted by Crippen LogP contribution is -2.50. The summed E-state index contributed by atoms with van der Waals surface area (Å²) in [4.78, 5) is 26.0. The number of nitrogens with one attached hydrogen (secondary N) is 1. The zero-order chi connectivity index (χ0) is 23.4. The lowest BCUT2D eigenvalue weighted by atomic mass is 10.2. The molecule has 1 N–H and O–H groups in total. The molecule has 3 aromatic rings. The maximum atomic E-state index is 13.7. The quantitative estimate of drug-likeness (QED) is 0.582. The number of anilines is 1. The molecule has 33 heavy (non-hydrogen) atoms. The number of nitrogens with zero attached hydrogens (tertiary/aromatic N) is 2. The third kappa shape index (κ3) is 5.18. The Kier molecular flexibility index (Phi) is 6.67. The molecule has 170 valence electrons. The number of hydrogen-bond acceptors (Lipinski definition) is 4. The number of piperazine rings is 1. The minimum Gasteiger partial charge on any atom is -0.353 e. The predicted molar refractivity (Wildman–Crippen MR) is 127 cm³/mol. The van der Waals surface area contributed by atoms with Gasteiger partial charge in [-0.3, -0.25) is 13.9 Å². The summed E-state index contributed by atoms with van der Waals surface area (Å²) in [7, 11) is -4.02. The number of carbonyl (C=O) groups excluding carboxylic acids is 2. The highest BCUT2D eigenvalue weighted by molar-refractivity contribution is 7.92. The molecule has 3 aromatic carbocycles. The van der Waals surface area contributed by atoms with Gasteiger partial charge in [0.25, 0.3) is 15.9 Å². The summed E-state index contributed by atoms with van der Waals surface area (Å²) in [6.45, 7) is 0.784. The van der Waals surface area contributed by atoms with Gasteiger partial charge in [0.15, 0.2) is 0 Å². The van der Waals surface area contributed by atoms with Crippen molar-refractivity contribution in [2.45, 2.75) is 11.4 Å². The molecule has 0 bridgehead atoms. The topological polar surface area (TPSA) is 86.8 Å². The van der Waals surface area contributed by atoms with Gasteiger partial charge in [-0.05, 0) is 48.0 Å². The third-order valence-electron chi connectivity index (χ3n) is 5.28. The van der Waals surface area contributed by atoms with Crippen LogP contribution in [0.3, 0.4) is 0 Å². The average molecular weight is 484 g/mol. The summed E-state index contributed by atoms with van der Waals surface area (Å²) < 4.78 is 28.7. The van der Waals surface area contributed by atoms with Crippen LogP contribution < -0.4 is 9.62 Å². The molecule has 0 unspecified atom stereocenters. The van der Waals surface area contributed by atoms with Crippen LogP contribution in [-0.4, -0.2) is 44.8 Å². The Balaban J connectivity index is 1.70. The van der Waals surface area contributed by atoms with Crippen LogP contribution in [0.15, 0.2) is 83.8 Å². The summed E-state index contributed by atoms with van der Waals surface area (Å²) in [5.74, 6) is -0.627. The number of amides is 2. The molecule has 1 aliphatic heterocycles. The van der Waals surface area contributed by atoms with E-state index in [1.165, 1.54) is 27.4 Å². The molecule has 0 saturated carbocycles. The van der Waals surface area contributed by atoms with Gasteiger partial charge in [0.05, 0.1) is 23.7 Å². The van der Waals surface area contributed by atoms with Crippen molar-refractivity contribution in [1.82, 2.24) is 10.2 Å². The van der Waals surface area contributed by atoms with Crippen LogP contribution in [-0.2, 0) is 21.4 Å². The first kappa shape index (κ1) is 22.8. The maximum absolute atomic E-state index is 13.7. The van der Waals surface area contributed by atoms with Gasteiger partial charge in [-0.1, -0.05) is 48.0 Å². The molecule has 2 amide bonds. The molecule has 0 aromatic heterocycles. The first-order valence-electron chi connectivity index (χ1n) is 10.3. The molecule has 7 nitrogen and oxygen atoms in total. The summed E-state index contributed by atoms with van der Waals surface area (Å²) >= 11 is 6.01. The molecule has 1 fully saturated rings. The Morgan fingerprint density at radius 2 is 1.73 bits per heavy atom. The normalized spacial score (nSPS) is 14.0. The van der Waals surface area contributed by atoms with E-state index in [-0.39, 0.29) is 35.4 Å². The van der Waals surface area contributed by atoms with Crippen molar-refractivity contribution < 1.29 is 18.0 Å². The maximum Gasteiger partial charge on any atom is 0.264 e. The van der Waals surface area contributed by atoms with Crippen molar-refractivity contribution in [2.75, 3.05) is 23.9 Å². The highest BCUT2D eigenvalue weighted by Crippen LogP contribution is 2.28. The molecule has 0 radical (unpaired) electrons. The summed E-state index contributed by atoms with van der Waals surface area (Å²) in [6.07, 6.45) is 0. The Hall–Kier alpha value is -3.36. The molecule has 1 heterocycles. The number of benzene rings is 3. The van der Waals surface area contributed by atoms with Gasteiger partial charge < -0.3 is 10.2 Å². The zero-order valence-electron chi connectivity index (χ0n) is 17.6. The lowest BCUT2D eigenvalue weighted by Gasteiger charge is -2.27. The van der Waals surface area contributed by atoms with E-state index in [1.807, 2.05) is 30.3 Å². The van der Waals surface area contributed by atoms with E-state index in [4.69, 9.17) is 11.6 Å². The predicted octanol–water partition coefficient (Wildman–Crippen LogP) is 3.31. The summed E-state index contributed by atoms with van der Waals surface area (Å²) in [5.41, 5.74) is 1.47. The standard InChI is InChI=1S/C24H22ClN3O4S/c25-20-9-11-21(12-10-20)28(16-18-5-2-1-3-6-18)33(31,32)22-8-4-7-19(15-22)24(30)27-14-13-26-23(29)17-27/h1-12,15H,13-14,16-17H2,(H,26,29). The second-order valence-electron chi connectivity index (χ2n) is 7.58. The van der Waals surface area contributed by atoms with Gasteiger partial charge in [-0.2, -0.15) is 0 Å². The van der Waals surface area contributed by atoms with Crippen molar-refractivity contribution in [3.8, 4) is 0 Å². The van der Waals surface area contributed by atoms with Crippen molar-refractivity contribution >= 4 is 39.1 Å². The largest absolute Gasteiger partial charge is 0.353 e. The number of carbonyl (C=O) groups is 2. The minimum absolute atomic E-state index is 0.0132. The Morgan fingerprint density at radius 1 is 1.00 bits per heavy atom. The molecular formula is C24H22ClN3O4S. The Labute approximate surface area is 197 Å². The molecule has 9 heteroatoms. The van der Waals surface area contributed by atoms with Crippen LogP contribution in [0, 0.1) is 0 Å². The fourth-order valence-corrected chi connectivity index (χ4v) is 5.21. The van der Waals surface area contributed by atoms with Crippen LogP contribution in [0.25, 0.3) is 0 Å². The van der Waals surface area contributed by atoms with Crippen LogP contribution in [0.5, 0.6) is 0 Å². The van der Waals surface area contributed by atoms with Gasteiger partial charge in [0.1, 0.15) is 0 Å². The third-order valence-corrected chi connectivity index (χ3v) is 7.30. The van der Waals surface area contributed by atoms with E-state index in [9.17, 15) is 18.0 Å². The monoisotopic (exact) mass is 483 g/mol. The smallest absolute Gasteiger partial charge is 0.264 e. The van der Waals surface area contributed by atoms with Crippen molar-refractivity contribution in [3.63, 3.8) is 0 Å². The summed E-state index contributed by atoms with van der Waals surface area (Å²) in [5, 5.41) is 3.16. The molecule has 1 aliphatic rings. The number of rotatable bonds is 6. The highest BCUT2D eigenvalue weighted by Gasteiger charge is 2.28. The van der Waals surface area contributed by atoms with E-state index in [0.717, 1.165) is 5.56 Å². The lowest BCUT2D eigenvalue weighted by molar-refractivity contribution is -0.123. The molecule has 1 saturated heterocycles. The van der Waals surface area contributed by atoms with Gasteiger partial charge in [-0.15, -0.1) is 0 Å². The molecule has 0 aliphatic carbocycles. The van der Waals surface area contributed by atoms with Crippen molar-refractivity contribution in [2.24, 2.45) is 0 Å². The molecule has 0 atom stereocenters. The second kappa shape index (κ2) is 9.64. The fraction of sp³-hybridized carbons (Fsp3) is 0.167. The average Bonchev–Trinajstić information content (AvgIpc) is 2.83. The van der Waals surface area contributed by atoms with Crippen LogP contribution >= 0.6 is 11.6 Å². The molecular weight excluding hydrogens is 462 g/mol. The molecule has 0 spiro atoms. The van der Waals surface area contributed by atoms with Crippen molar-refractivity contribution in [1.29, 1.82) is 0 Å². The van der Waals surface area contributed by atoms with Crippen LogP contribution in [0.4, 0.5) is 5.69 Å². The molecule has 4 rings (SSSR count). The second-order valence-corrected chi connectivity index (χ2v) is 9.88. The SMILES string of the molecule is O=C1CN(C(=O)c2cccc(S(=O)(=O)N(Cc3ccccc3)c3ccc(Cl)cc3)c2)CCN1. The van der Waals surface area contributed by atoms with Gasteiger partial charge >= 0.3 is 0 Å². The van der Waals surface area contributed by atoms with E-state index in [1.54, 1.807) is 30.3 Å². The van der Waals surface area contributed by atoms with E-state index >= 15 is 0 Å². The fourth-order valence-electron chi connectivity index (χ4n) is 3.58. The first-order chi connectivity index (χ1) is 15.8. The van der Waals surface area contributed by atoms with Crippen LogP contribution in [0.1, 0.15) is 15.9 Å². The Bertz CT molecular complexity index is 1260.